The van der Waals surface area contributed by atoms with Crippen molar-refractivity contribution in [1.29, 1.82) is 0 Å². The van der Waals surface area contributed by atoms with Gasteiger partial charge in [0.05, 0.1) is 35.4 Å². The first-order valence-electron chi connectivity index (χ1n) is 19.5. The Kier molecular flexibility index (Phi) is 10.5. The molecular weight excluding hydrogens is 727 g/mol. The van der Waals surface area contributed by atoms with Crippen LogP contribution in [-0.2, 0) is 24.4 Å². The summed E-state index contributed by atoms with van der Waals surface area (Å²) in [5.41, 5.74) is 0.199. The van der Waals surface area contributed by atoms with Crippen molar-refractivity contribution in [3.8, 4) is 17.4 Å². The normalized spacial score (nSPS) is 28.5. The van der Waals surface area contributed by atoms with E-state index in [0.717, 1.165) is 37.7 Å². The van der Waals surface area contributed by atoms with Crippen molar-refractivity contribution in [2.24, 2.45) is 11.3 Å². The van der Waals surface area contributed by atoms with E-state index < -0.39 is 56.2 Å². The number of pyridine rings is 1. The molecule has 3 aliphatic carbocycles. The number of urea groups is 1. The lowest BCUT2D eigenvalue weighted by atomic mass is 9.91. The molecule has 4 amide bonds. The first-order chi connectivity index (χ1) is 26.1. The standard InChI is InChI=1S/C40H53N5O9S/c1-24-32(52-5)16-15-28-33(20-34(42-35(24)28)54-26-13-14-26)53-27-19-30-31(46)22-40(37(48)43-55(50,51)39(2)17-18-39)21-25(40)11-9-7-6-8-10-12-29(36(47)45(30)23-27)41-38(49)44(3)4/h9,11,15-16,20,25-27,29-30H,6-8,10,12-14,17-19,21-23H2,1-5H3,(H,41,49)(H,43,48)/b11-9-/t25-,27+,29-,30-,40+/m0/s1. The molecule has 5 atom stereocenters. The quantitative estimate of drug-likeness (QED) is 0.344. The number of benzene rings is 1. The minimum atomic E-state index is -3.95. The molecule has 2 aromatic rings. The van der Waals surface area contributed by atoms with Gasteiger partial charge in [-0.15, -0.1) is 0 Å². The van der Waals surface area contributed by atoms with Gasteiger partial charge in [0.2, 0.25) is 27.7 Å². The largest absolute Gasteiger partial charge is 0.496 e. The highest BCUT2D eigenvalue weighted by molar-refractivity contribution is 7.91. The van der Waals surface area contributed by atoms with Crippen LogP contribution in [0.1, 0.15) is 89.5 Å². The first kappa shape index (κ1) is 38.9. The van der Waals surface area contributed by atoms with E-state index in [9.17, 15) is 27.6 Å². The Morgan fingerprint density at radius 1 is 1.02 bits per heavy atom. The lowest BCUT2D eigenvalue weighted by molar-refractivity contribution is -0.140. The van der Waals surface area contributed by atoms with Gasteiger partial charge in [-0.2, -0.15) is 0 Å². The minimum absolute atomic E-state index is 0.0522. The SMILES string of the molecule is COc1ccc2c(O[C@@H]3C[C@H]4C(=O)C[C@]5(C(=O)NS(=O)(=O)C6(C)CC6)C[C@@H]5/C=C\CCCCC[C@H](NC(=O)N(C)C)C(=O)N4C3)cc(OC3CC3)nc2c1C. The van der Waals surface area contributed by atoms with Crippen molar-refractivity contribution in [2.45, 2.75) is 120 Å². The van der Waals surface area contributed by atoms with E-state index in [0.29, 0.717) is 60.4 Å². The number of aryl methyl sites for hydroxylation is 1. The van der Waals surface area contributed by atoms with Crippen molar-refractivity contribution < 1.29 is 41.8 Å². The Balaban J connectivity index is 1.22. The smallest absolute Gasteiger partial charge is 0.317 e. The van der Waals surface area contributed by atoms with E-state index in [1.165, 1.54) is 9.80 Å². The number of Topliss-reactive ketones (excluding diaryl/α,β-unsaturated/α-hetero) is 1. The molecule has 3 heterocycles. The minimum Gasteiger partial charge on any atom is -0.496 e. The summed E-state index contributed by atoms with van der Waals surface area (Å²) < 4.78 is 46.1. The highest BCUT2D eigenvalue weighted by Gasteiger charge is 2.62. The number of amides is 4. The third kappa shape index (κ3) is 7.99. The third-order valence-corrected chi connectivity index (χ3v) is 14.2. The molecule has 14 nitrogen and oxygen atoms in total. The van der Waals surface area contributed by atoms with Gasteiger partial charge in [0, 0.05) is 44.0 Å². The second-order valence-electron chi connectivity index (χ2n) is 16.5. The number of ether oxygens (including phenoxy) is 3. The molecule has 1 aromatic heterocycles. The fourth-order valence-electron chi connectivity index (χ4n) is 7.84. The van der Waals surface area contributed by atoms with Gasteiger partial charge < -0.3 is 29.3 Å². The number of nitrogens with zero attached hydrogens (tertiary/aromatic N) is 3. The molecular formula is C40H53N5O9S. The fourth-order valence-corrected chi connectivity index (χ4v) is 9.17. The summed E-state index contributed by atoms with van der Waals surface area (Å²) in [6, 6.07) is 3.15. The summed E-state index contributed by atoms with van der Waals surface area (Å²) in [6.45, 7) is 3.58. The van der Waals surface area contributed by atoms with Crippen molar-refractivity contribution in [1.82, 2.24) is 24.8 Å². The molecule has 0 bridgehead atoms. The van der Waals surface area contributed by atoms with Crippen LogP contribution in [0.4, 0.5) is 4.79 Å². The number of methoxy groups -OCH3 is 1. The Morgan fingerprint density at radius 2 is 1.78 bits per heavy atom. The van der Waals surface area contributed by atoms with E-state index in [4.69, 9.17) is 19.2 Å². The van der Waals surface area contributed by atoms with E-state index in [-0.39, 0.29) is 37.2 Å². The summed E-state index contributed by atoms with van der Waals surface area (Å²) in [5.74, 6) is -0.200. The molecule has 1 aromatic carbocycles. The zero-order valence-corrected chi connectivity index (χ0v) is 33.2. The van der Waals surface area contributed by atoms with Crippen LogP contribution in [0.2, 0.25) is 0 Å². The molecule has 1 saturated heterocycles. The number of carbonyl (C=O) groups excluding carboxylic acids is 4. The van der Waals surface area contributed by atoms with Gasteiger partial charge >= 0.3 is 6.03 Å². The van der Waals surface area contributed by atoms with Crippen molar-refractivity contribution >= 4 is 44.6 Å². The van der Waals surface area contributed by atoms with Crippen molar-refractivity contribution in [3.63, 3.8) is 0 Å². The van der Waals surface area contributed by atoms with Crippen LogP contribution in [0.15, 0.2) is 30.4 Å². The number of hydrogen-bond donors (Lipinski definition) is 2. The van der Waals surface area contributed by atoms with Crippen LogP contribution in [0.5, 0.6) is 17.4 Å². The monoisotopic (exact) mass is 779 g/mol. The van der Waals surface area contributed by atoms with E-state index in [2.05, 4.69) is 10.0 Å². The number of carbonyl (C=O) groups is 4. The molecule has 0 unspecified atom stereocenters. The molecule has 0 radical (unpaired) electrons. The van der Waals surface area contributed by atoms with Crippen LogP contribution in [0.3, 0.4) is 0 Å². The molecule has 2 N–H and O–H groups in total. The first-order valence-corrected chi connectivity index (χ1v) is 21.0. The molecule has 2 aliphatic heterocycles. The maximum atomic E-state index is 14.6. The molecule has 7 rings (SSSR count). The lowest BCUT2D eigenvalue weighted by Gasteiger charge is -2.30. The van der Waals surface area contributed by atoms with Gasteiger partial charge in [-0.25, -0.2) is 18.2 Å². The Bertz CT molecular complexity index is 2010. The lowest BCUT2D eigenvalue weighted by Crippen LogP contribution is -2.54. The Labute approximate surface area is 322 Å². The van der Waals surface area contributed by atoms with Gasteiger partial charge in [0.15, 0.2) is 5.78 Å². The second kappa shape index (κ2) is 14.9. The van der Waals surface area contributed by atoms with E-state index in [1.807, 2.05) is 31.2 Å². The molecule has 15 heteroatoms. The molecule has 0 spiro atoms. The second-order valence-corrected chi connectivity index (χ2v) is 18.7. The highest BCUT2D eigenvalue weighted by Crippen LogP contribution is 2.57. The molecule has 3 saturated carbocycles. The van der Waals surface area contributed by atoms with E-state index >= 15 is 0 Å². The maximum absolute atomic E-state index is 14.6. The van der Waals surface area contributed by atoms with Gasteiger partial charge in [-0.05, 0) is 83.3 Å². The van der Waals surface area contributed by atoms with Crippen molar-refractivity contribution in [3.05, 3.63) is 35.9 Å². The predicted octanol–water partition coefficient (Wildman–Crippen LogP) is 4.57. The summed E-state index contributed by atoms with van der Waals surface area (Å²) in [7, 11) is 0.849. The van der Waals surface area contributed by atoms with Crippen LogP contribution < -0.4 is 24.2 Å². The Morgan fingerprint density at radius 3 is 2.47 bits per heavy atom. The van der Waals surface area contributed by atoms with Gasteiger partial charge in [-0.3, -0.25) is 19.1 Å². The Hall–Kier alpha value is -4.40. The summed E-state index contributed by atoms with van der Waals surface area (Å²) in [5, 5.41) is 3.59. The number of nitrogens with one attached hydrogen (secondary N) is 2. The van der Waals surface area contributed by atoms with E-state index in [1.54, 1.807) is 34.2 Å². The maximum Gasteiger partial charge on any atom is 0.317 e. The average molecular weight is 780 g/mol. The molecule has 4 fully saturated rings. The fraction of sp³-hybridized carbons (Fsp3) is 0.625. The summed E-state index contributed by atoms with van der Waals surface area (Å²) in [4.78, 5) is 63.7. The van der Waals surface area contributed by atoms with Crippen LogP contribution in [0.25, 0.3) is 10.9 Å². The average Bonchev–Trinajstić information content (AvgIpc) is 4.09. The topological polar surface area (TPSA) is 174 Å². The van der Waals surface area contributed by atoms with Gasteiger partial charge in [-0.1, -0.05) is 25.0 Å². The number of aromatic nitrogens is 1. The molecule has 55 heavy (non-hydrogen) atoms. The van der Waals surface area contributed by atoms with Crippen molar-refractivity contribution in [2.75, 3.05) is 27.7 Å². The number of sulfonamides is 1. The van der Waals surface area contributed by atoms with Crippen LogP contribution in [0, 0.1) is 18.3 Å². The number of rotatable bonds is 9. The zero-order valence-electron chi connectivity index (χ0n) is 32.4. The van der Waals surface area contributed by atoms with Gasteiger partial charge in [0.1, 0.15) is 29.7 Å². The number of fused-ring (bicyclic) bond motifs is 3. The highest BCUT2D eigenvalue weighted by atomic mass is 32.2. The number of allylic oxidation sites excluding steroid dienone is 2. The summed E-state index contributed by atoms with van der Waals surface area (Å²) in [6.07, 6.45) is 9.81. The van der Waals surface area contributed by atoms with Crippen LogP contribution in [-0.4, -0.2) is 104 Å². The number of ketones is 1. The predicted molar refractivity (Wildman–Crippen MR) is 204 cm³/mol. The molecule has 5 aliphatic rings. The third-order valence-electron chi connectivity index (χ3n) is 12.0. The van der Waals surface area contributed by atoms with Crippen LogP contribution >= 0.6 is 0 Å². The van der Waals surface area contributed by atoms with Gasteiger partial charge in [0.25, 0.3) is 0 Å². The zero-order chi connectivity index (χ0) is 39.3. The summed E-state index contributed by atoms with van der Waals surface area (Å²) >= 11 is 0. The number of hydrogen-bond acceptors (Lipinski definition) is 10. The molecule has 298 valence electrons.